The fraction of sp³-hybridized carbons (Fsp3) is 0.304. The monoisotopic (exact) mass is 370 g/mol. The molecule has 0 saturated heterocycles. The Kier molecular flexibility index (Phi) is 4.47. The van der Waals surface area contributed by atoms with Crippen LogP contribution in [0, 0.1) is 0 Å². The van der Waals surface area contributed by atoms with Crippen LogP contribution < -0.4 is 0 Å². The second-order valence-corrected chi connectivity index (χ2v) is 7.34. The van der Waals surface area contributed by atoms with Gasteiger partial charge in [0.1, 0.15) is 0 Å². The highest BCUT2D eigenvalue weighted by Gasteiger charge is 2.36. The topological polar surface area (TPSA) is 9.23 Å². The zero-order valence-corrected chi connectivity index (χ0v) is 15.1. The molecule has 0 spiro atoms. The minimum Gasteiger partial charge on any atom is -0.292 e. The fourth-order valence-corrected chi connectivity index (χ4v) is 4.41. The Morgan fingerprint density at radius 2 is 1.48 bits per heavy atom. The van der Waals surface area contributed by atoms with Crippen molar-refractivity contribution >= 4 is 10.8 Å². The number of rotatable bonds is 5. The van der Waals surface area contributed by atoms with Crippen LogP contribution >= 0.6 is 0 Å². The van der Waals surface area contributed by atoms with Gasteiger partial charge in [-0.25, -0.2) is 0 Å². The third-order valence-electron chi connectivity index (χ3n) is 5.65. The maximum atomic E-state index is 12.2. The van der Waals surface area contributed by atoms with Crippen molar-refractivity contribution in [2.75, 3.05) is 6.61 Å². The third kappa shape index (κ3) is 3.23. The molecule has 140 valence electrons. The van der Waals surface area contributed by atoms with Crippen molar-refractivity contribution in [3.8, 4) is 11.1 Å². The molecule has 0 fully saturated rings. The molecule has 0 N–H and O–H groups in total. The van der Waals surface area contributed by atoms with Gasteiger partial charge in [-0.05, 0) is 52.3 Å². The Labute approximate surface area is 156 Å². The second-order valence-electron chi connectivity index (χ2n) is 7.34. The lowest BCUT2D eigenvalue weighted by atomic mass is 9.65. The van der Waals surface area contributed by atoms with Gasteiger partial charge in [-0.2, -0.15) is 0 Å². The first-order chi connectivity index (χ1) is 12.9. The Morgan fingerprint density at radius 3 is 2.26 bits per heavy atom. The van der Waals surface area contributed by atoms with E-state index in [1.165, 1.54) is 33.0 Å². The van der Waals surface area contributed by atoms with Crippen molar-refractivity contribution in [2.24, 2.45) is 0 Å². The molecule has 1 aliphatic carbocycles. The molecule has 27 heavy (non-hydrogen) atoms. The van der Waals surface area contributed by atoms with E-state index < -0.39 is 6.36 Å². The SMILES string of the molecule is CC1(CCCCOC(F)(F)F)c2ccccc2-c2cccc3cccc1c23. The number of fused-ring (bicyclic) bond motifs is 2. The number of alkyl halides is 3. The van der Waals surface area contributed by atoms with Crippen molar-refractivity contribution in [1.82, 2.24) is 0 Å². The van der Waals surface area contributed by atoms with Gasteiger partial charge in [-0.3, -0.25) is 4.74 Å². The maximum absolute atomic E-state index is 12.2. The number of halogens is 3. The number of benzene rings is 3. The molecule has 1 atom stereocenters. The van der Waals surface area contributed by atoms with E-state index in [4.69, 9.17) is 0 Å². The van der Waals surface area contributed by atoms with Gasteiger partial charge in [0.15, 0.2) is 0 Å². The van der Waals surface area contributed by atoms with Gasteiger partial charge in [0.05, 0.1) is 6.61 Å². The van der Waals surface area contributed by atoms with Crippen LogP contribution in [0.4, 0.5) is 13.2 Å². The molecule has 1 unspecified atom stereocenters. The minimum absolute atomic E-state index is 0.233. The first kappa shape index (κ1) is 18.1. The number of ether oxygens (including phenoxy) is 1. The summed E-state index contributed by atoms with van der Waals surface area (Å²) in [6, 6.07) is 21.1. The molecule has 0 radical (unpaired) electrons. The first-order valence-corrected chi connectivity index (χ1v) is 9.23. The van der Waals surface area contributed by atoms with Gasteiger partial charge in [-0.15, -0.1) is 13.2 Å². The molecule has 0 aliphatic heterocycles. The van der Waals surface area contributed by atoms with Crippen LogP contribution in [0.3, 0.4) is 0 Å². The van der Waals surface area contributed by atoms with Crippen molar-refractivity contribution in [3.05, 3.63) is 71.8 Å². The highest BCUT2D eigenvalue weighted by atomic mass is 19.4. The zero-order chi connectivity index (χ0) is 19.1. The Balaban J connectivity index is 1.71. The lowest BCUT2D eigenvalue weighted by Crippen LogP contribution is -2.27. The van der Waals surface area contributed by atoms with E-state index >= 15 is 0 Å². The van der Waals surface area contributed by atoms with Gasteiger partial charge in [0.2, 0.25) is 0 Å². The molecule has 1 aliphatic rings. The lowest BCUT2D eigenvalue weighted by Gasteiger charge is -2.38. The van der Waals surface area contributed by atoms with Crippen LogP contribution in [0.25, 0.3) is 21.9 Å². The summed E-state index contributed by atoms with van der Waals surface area (Å²) in [7, 11) is 0. The van der Waals surface area contributed by atoms with Crippen molar-refractivity contribution in [2.45, 2.75) is 38.0 Å². The van der Waals surface area contributed by atoms with E-state index in [1.54, 1.807) is 0 Å². The van der Waals surface area contributed by atoms with Gasteiger partial charge < -0.3 is 0 Å². The highest BCUT2D eigenvalue weighted by molar-refractivity contribution is 6.03. The quantitative estimate of drug-likeness (QED) is 0.447. The maximum Gasteiger partial charge on any atom is 0.522 e. The minimum atomic E-state index is -4.55. The predicted octanol–water partition coefficient (Wildman–Crippen LogP) is 6.83. The molecule has 0 saturated carbocycles. The van der Waals surface area contributed by atoms with Crippen LogP contribution in [0.2, 0.25) is 0 Å². The first-order valence-electron chi connectivity index (χ1n) is 9.23. The summed E-state index contributed by atoms with van der Waals surface area (Å²) in [5.41, 5.74) is 4.72. The van der Waals surface area contributed by atoms with E-state index in [0.717, 1.165) is 6.42 Å². The standard InChI is InChI=1S/C23H21F3O/c1-22(14-4-5-15-27-23(24,25)26)19-12-3-2-10-17(19)18-11-6-8-16-9-7-13-20(22)21(16)18/h2-3,6-13H,4-5,14-15H2,1H3. The Bertz CT molecular complexity index is 972. The van der Waals surface area contributed by atoms with Gasteiger partial charge in [-0.1, -0.05) is 67.6 Å². The molecule has 0 heterocycles. The van der Waals surface area contributed by atoms with Crippen molar-refractivity contribution in [3.63, 3.8) is 0 Å². The third-order valence-corrected chi connectivity index (χ3v) is 5.65. The summed E-state index contributed by atoms with van der Waals surface area (Å²) < 4.78 is 40.6. The van der Waals surface area contributed by atoms with Crippen LogP contribution in [-0.2, 0) is 10.2 Å². The van der Waals surface area contributed by atoms with Gasteiger partial charge in [0, 0.05) is 5.41 Å². The van der Waals surface area contributed by atoms with Crippen LogP contribution in [0.5, 0.6) is 0 Å². The summed E-state index contributed by atoms with van der Waals surface area (Å²) in [5.74, 6) is 0. The number of hydrogen-bond acceptors (Lipinski definition) is 1. The molecule has 0 bridgehead atoms. The Morgan fingerprint density at radius 1 is 0.815 bits per heavy atom. The molecule has 3 aromatic rings. The molecule has 0 amide bonds. The summed E-state index contributed by atoms with van der Waals surface area (Å²) in [4.78, 5) is 0. The smallest absolute Gasteiger partial charge is 0.292 e. The largest absolute Gasteiger partial charge is 0.522 e. The highest BCUT2D eigenvalue weighted by Crippen LogP contribution is 2.50. The summed E-state index contributed by atoms with van der Waals surface area (Å²) in [6.45, 7) is 1.92. The zero-order valence-electron chi connectivity index (χ0n) is 15.1. The van der Waals surface area contributed by atoms with E-state index in [9.17, 15) is 13.2 Å². The lowest BCUT2D eigenvalue weighted by molar-refractivity contribution is -0.324. The van der Waals surface area contributed by atoms with Gasteiger partial charge in [0.25, 0.3) is 0 Å². The van der Waals surface area contributed by atoms with Crippen molar-refractivity contribution in [1.29, 1.82) is 0 Å². The summed E-state index contributed by atoms with van der Waals surface area (Å²) in [5, 5.41) is 2.46. The molecule has 3 aromatic carbocycles. The molecular formula is C23H21F3O. The summed E-state index contributed by atoms with van der Waals surface area (Å²) >= 11 is 0. The molecular weight excluding hydrogens is 349 g/mol. The fourth-order valence-electron chi connectivity index (χ4n) is 4.41. The summed E-state index contributed by atoms with van der Waals surface area (Å²) in [6.07, 6.45) is -2.72. The van der Waals surface area contributed by atoms with E-state index in [1.807, 2.05) is 12.1 Å². The van der Waals surface area contributed by atoms with Gasteiger partial charge >= 0.3 is 6.36 Å². The molecule has 1 nitrogen and oxygen atoms in total. The second kappa shape index (κ2) is 6.68. The van der Waals surface area contributed by atoms with E-state index in [0.29, 0.717) is 12.8 Å². The normalized spacial score (nSPS) is 18.5. The number of unbranched alkanes of at least 4 members (excludes halogenated alkanes) is 1. The molecule has 4 heteroatoms. The van der Waals surface area contributed by atoms with Crippen LogP contribution in [0.1, 0.15) is 37.3 Å². The average molecular weight is 370 g/mol. The average Bonchev–Trinajstić information content (AvgIpc) is 2.65. The van der Waals surface area contributed by atoms with Crippen LogP contribution in [0.15, 0.2) is 60.7 Å². The molecule has 0 aromatic heterocycles. The predicted molar refractivity (Wildman–Crippen MR) is 102 cm³/mol. The van der Waals surface area contributed by atoms with E-state index in [-0.39, 0.29) is 12.0 Å². The van der Waals surface area contributed by atoms with Crippen molar-refractivity contribution < 1.29 is 17.9 Å². The number of hydrogen-bond donors (Lipinski definition) is 0. The van der Waals surface area contributed by atoms with Crippen LogP contribution in [-0.4, -0.2) is 13.0 Å². The molecule has 4 rings (SSSR count). The Hall–Kier alpha value is -2.33. The van der Waals surface area contributed by atoms with E-state index in [2.05, 4.69) is 60.2 Å².